The molecule has 0 spiro atoms. The zero-order valence-electron chi connectivity index (χ0n) is 22.2. The molecule has 0 aromatic heterocycles. The quantitative estimate of drug-likeness (QED) is 0.0384. The van der Waals surface area contributed by atoms with Crippen molar-refractivity contribution in [3.05, 3.63) is 0 Å². The summed E-state index contributed by atoms with van der Waals surface area (Å²) in [5, 5.41) is 21.1. The number of aliphatic hydroxyl groups is 1. The van der Waals surface area contributed by atoms with Crippen molar-refractivity contribution >= 4 is 41.4 Å². The first kappa shape index (κ1) is 35.0. The Labute approximate surface area is 226 Å². The summed E-state index contributed by atoms with van der Waals surface area (Å²) in [5.74, 6) is -4.26. The van der Waals surface area contributed by atoms with Crippen LogP contribution in [-0.4, -0.2) is 97.4 Å². The van der Waals surface area contributed by atoms with Gasteiger partial charge < -0.3 is 54.6 Å². The molecule has 0 fully saturated rings. The van der Waals surface area contributed by atoms with Gasteiger partial charge in [0.25, 0.3) is 0 Å². The van der Waals surface area contributed by atoms with Gasteiger partial charge >= 0.3 is 0 Å². The second-order valence-corrected chi connectivity index (χ2v) is 8.47. The number of carbonyl (C=O) groups excluding carboxylic acids is 6. The average molecular weight is 559 g/mol. The lowest BCUT2D eigenvalue weighted by molar-refractivity contribution is -0.132. The molecule has 17 nitrogen and oxygen atoms in total. The van der Waals surface area contributed by atoms with Crippen LogP contribution in [0.2, 0.25) is 0 Å². The number of carbonyl (C=O) groups is 6. The maximum Gasteiger partial charge on any atom is 0.245 e. The van der Waals surface area contributed by atoms with E-state index in [0.29, 0.717) is 25.8 Å². The van der Waals surface area contributed by atoms with E-state index in [-0.39, 0.29) is 31.8 Å². The van der Waals surface area contributed by atoms with Crippen LogP contribution < -0.4 is 49.5 Å². The number of nitrogens with one attached hydrogen (secondary N) is 5. The van der Waals surface area contributed by atoms with Gasteiger partial charge in [0.2, 0.25) is 35.4 Å². The monoisotopic (exact) mass is 558 g/mol. The SMILES string of the molecule is CCC(=O)N[C@@H](CO)C(=O)NCC(=O)N[C@@H](CCCN=C(N)N)C(=O)NCC(=O)N[C@@H](CCCCN)C(N)=O. The minimum Gasteiger partial charge on any atom is -0.394 e. The van der Waals surface area contributed by atoms with Crippen LogP contribution >= 0.6 is 0 Å². The Kier molecular flexibility index (Phi) is 18.0. The normalized spacial score (nSPS) is 12.7. The number of nitrogens with two attached hydrogens (primary N) is 4. The van der Waals surface area contributed by atoms with Gasteiger partial charge in [0.1, 0.15) is 18.1 Å². The molecule has 0 rings (SSSR count). The largest absolute Gasteiger partial charge is 0.394 e. The maximum absolute atomic E-state index is 12.7. The number of unbranched alkanes of at least 4 members (excludes halogenated alkanes) is 1. The summed E-state index contributed by atoms with van der Waals surface area (Å²) < 4.78 is 0. The zero-order chi connectivity index (χ0) is 29.8. The first-order valence-electron chi connectivity index (χ1n) is 12.5. The Bertz CT molecular complexity index is 864. The molecule has 0 unspecified atom stereocenters. The van der Waals surface area contributed by atoms with E-state index in [1.807, 2.05) is 0 Å². The summed E-state index contributed by atoms with van der Waals surface area (Å²) in [5.41, 5.74) is 21.3. The van der Waals surface area contributed by atoms with Gasteiger partial charge in [-0.1, -0.05) is 6.92 Å². The van der Waals surface area contributed by atoms with Crippen LogP contribution in [0.4, 0.5) is 0 Å². The van der Waals surface area contributed by atoms with Crippen molar-refractivity contribution in [1.82, 2.24) is 26.6 Å². The predicted octanol–water partition coefficient (Wildman–Crippen LogP) is -5.26. The van der Waals surface area contributed by atoms with Gasteiger partial charge in [-0.3, -0.25) is 33.8 Å². The Morgan fingerprint density at radius 2 is 1.26 bits per heavy atom. The standard InChI is InChI=1S/C22H42N10O7/c1-2-16(34)32-15(12-33)21(39)29-11-18(36)31-14(7-5-9-27-22(25)26)20(38)28-10-17(35)30-13(19(24)37)6-3-4-8-23/h13-15,33H,2-12,23H2,1H3,(H2,24,37)(H,28,38)(H,29,39)(H,30,35)(H,31,36)(H,32,34)(H4,25,26,27)/t13-,14-,15-/m0/s1. The van der Waals surface area contributed by atoms with E-state index in [9.17, 15) is 33.9 Å². The Hall–Kier alpha value is -3.99. The molecular formula is C22H42N10O7. The lowest BCUT2D eigenvalue weighted by atomic mass is 10.1. The van der Waals surface area contributed by atoms with E-state index >= 15 is 0 Å². The minimum absolute atomic E-state index is 0.0821. The van der Waals surface area contributed by atoms with Gasteiger partial charge in [0.15, 0.2) is 5.96 Å². The number of nitrogens with zero attached hydrogens (tertiary/aromatic N) is 1. The Balaban J connectivity index is 5.05. The van der Waals surface area contributed by atoms with Gasteiger partial charge in [-0.15, -0.1) is 0 Å². The van der Waals surface area contributed by atoms with Crippen molar-refractivity contribution in [2.75, 3.05) is 32.8 Å². The fourth-order valence-electron chi connectivity index (χ4n) is 3.11. The van der Waals surface area contributed by atoms with E-state index in [1.165, 1.54) is 0 Å². The van der Waals surface area contributed by atoms with Gasteiger partial charge in [0.05, 0.1) is 19.7 Å². The van der Waals surface area contributed by atoms with E-state index in [2.05, 4.69) is 31.6 Å². The van der Waals surface area contributed by atoms with Gasteiger partial charge in [0, 0.05) is 13.0 Å². The van der Waals surface area contributed by atoms with Crippen molar-refractivity contribution in [1.29, 1.82) is 0 Å². The molecule has 222 valence electrons. The van der Waals surface area contributed by atoms with Crippen molar-refractivity contribution in [3.63, 3.8) is 0 Å². The average Bonchev–Trinajstić information content (AvgIpc) is 2.89. The fourth-order valence-corrected chi connectivity index (χ4v) is 3.11. The topological polar surface area (TPSA) is 299 Å². The molecule has 0 aromatic carbocycles. The van der Waals surface area contributed by atoms with Gasteiger partial charge in [-0.05, 0) is 38.6 Å². The zero-order valence-corrected chi connectivity index (χ0v) is 22.2. The fraction of sp³-hybridized carbons (Fsp3) is 0.682. The van der Waals surface area contributed by atoms with Crippen LogP contribution in [0, 0.1) is 0 Å². The van der Waals surface area contributed by atoms with Crippen molar-refractivity contribution in [3.8, 4) is 0 Å². The number of primary amides is 1. The molecule has 0 radical (unpaired) electrons. The molecular weight excluding hydrogens is 516 g/mol. The Morgan fingerprint density at radius 3 is 1.74 bits per heavy atom. The maximum atomic E-state index is 12.7. The molecule has 0 aliphatic rings. The number of guanidine groups is 1. The number of aliphatic imine (C=N–C) groups is 1. The van der Waals surface area contributed by atoms with Gasteiger partial charge in [-0.25, -0.2) is 0 Å². The predicted molar refractivity (Wildman–Crippen MR) is 141 cm³/mol. The number of amides is 6. The molecule has 0 aliphatic carbocycles. The second kappa shape index (κ2) is 20.0. The third-order valence-electron chi connectivity index (χ3n) is 5.22. The van der Waals surface area contributed by atoms with E-state index in [4.69, 9.17) is 22.9 Å². The summed E-state index contributed by atoms with van der Waals surface area (Å²) in [7, 11) is 0. The Morgan fingerprint density at radius 1 is 0.744 bits per heavy atom. The van der Waals surface area contributed by atoms with Crippen LogP contribution in [0.1, 0.15) is 45.4 Å². The summed E-state index contributed by atoms with van der Waals surface area (Å²) in [4.78, 5) is 76.4. The molecule has 3 atom stereocenters. The highest BCUT2D eigenvalue weighted by Gasteiger charge is 2.24. The molecule has 14 N–H and O–H groups in total. The van der Waals surface area contributed by atoms with Crippen LogP contribution in [0.15, 0.2) is 4.99 Å². The van der Waals surface area contributed by atoms with Crippen LogP contribution in [-0.2, 0) is 28.8 Å². The minimum atomic E-state index is -1.25. The first-order valence-corrected chi connectivity index (χ1v) is 12.5. The number of hydrogen-bond acceptors (Lipinski definition) is 9. The summed E-state index contributed by atoms with van der Waals surface area (Å²) in [6.07, 6.45) is 1.97. The summed E-state index contributed by atoms with van der Waals surface area (Å²) >= 11 is 0. The second-order valence-electron chi connectivity index (χ2n) is 8.47. The number of hydrogen-bond donors (Lipinski definition) is 10. The molecule has 0 bridgehead atoms. The summed E-state index contributed by atoms with van der Waals surface area (Å²) in [6, 6.07) is -3.30. The summed E-state index contributed by atoms with van der Waals surface area (Å²) in [6.45, 7) is 0.423. The van der Waals surface area contributed by atoms with E-state index < -0.39 is 73.3 Å². The first-order chi connectivity index (χ1) is 18.4. The van der Waals surface area contributed by atoms with Crippen molar-refractivity contribution in [2.24, 2.45) is 27.9 Å². The third-order valence-corrected chi connectivity index (χ3v) is 5.22. The highest BCUT2D eigenvalue weighted by molar-refractivity contribution is 5.94. The highest BCUT2D eigenvalue weighted by Crippen LogP contribution is 2.01. The van der Waals surface area contributed by atoms with Crippen LogP contribution in [0.3, 0.4) is 0 Å². The molecule has 6 amide bonds. The molecule has 0 heterocycles. The highest BCUT2D eigenvalue weighted by atomic mass is 16.3. The lowest BCUT2D eigenvalue weighted by Gasteiger charge is -2.20. The molecule has 0 saturated heterocycles. The molecule has 0 aromatic rings. The van der Waals surface area contributed by atoms with E-state index in [0.717, 1.165) is 0 Å². The molecule has 0 aliphatic heterocycles. The lowest BCUT2D eigenvalue weighted by Crippen LogP contribution is -2.54. The van der Waals surface area contributed by atoms with Crippen LogP contribution in [0.25, 0.3) is 0 Å². The van der Waals surface area contributed by atoms with Gasteiger partial charge in [-0.2, -0.15) is 0 Å². The molecule has 17 heteroatoms. The van der Waals surface area contributed by atoms with E-state index in [1.54, 1.807) is 6.92 Å². The van der Waals surface area contributed by atoms with Crippen molar-refractivity contribution in [2.45, 2.75) is 63.6 Å². The number of rotatable bonds is 20. The molecule has 0 saturated carbocycles. The van der Waals surface area contributed by atoms with Crippen molar-refractivity contribution < 1.29 is 33.9 Å². The molecule has 39 heavy (non-hydrogen) atoms. The third kappa shape index (κ3) is 16.5. The smallest absolute Gasteiger partial charge is 0.245 e. The van der Waals surface area contributed by atoms with Crippen LogP contribution in [0.5, 0.6) is 0 Å². The number of aliphatic hydroxyl groups excluding tert-OH is 1.